The monoisotopic (exact) mass is 1330 g/mol. The van der Waals surface area contributed by atoms with E-state index in [-0.39, 0.29) is 28.8 Å². The summed E-state index contributed by atoms with van der Waals surface area (Å²) in [6, 6.07) is 0. The van der Waals surface area contributed by atoms with E-state index in [9.17, 15) is 81.7 Å². The first kappa shape index (κ1) is 70.7. The summed E-state index contributed by atoms with van der Waals surface area (Å²) in [6.45, 7) is 9.79. The van der Waals surface area contributed by atoms with Crippen LogP contribution in [0.25, 0.3) is 0 Å². The molecule has 92 heavy (non-hydrogen) atoms. The molecule has 4 aliphatic carbocycles. The first-order valence-electron chi connectivity index (χ1n) is 33.5. The Kier molecular flexibility index (Phi) is 21.3. The summed E-state index contributed by atoms with van der Waals surface area (Å²) in [6.07, 6.45) is -43.4. The van der Waals surface area contributed by atoms with Crippen LogP contribution in [0.15, 0.2) is 0 Å². The van der Waals surface area contributed by atoms with E-state index in [1.807, 2.05) is 0 Å². The highest BCUT2D eigenvalue weighted by atomic mass is 16.8. The molecule has 30 heteroatoms. The van der Waals surface area contributed by atoms with Crippen molar-refractivity contribution in [1.82, 2.24) is 0 Å². The molecule has 12 fully saturated rings. The summed E-state index contributed by atoms with van der Waals surface area (Å²) in [5.74, 6) is 2.24. The zero-order chi connectivity index (χ0) is 65.9. The van der Waals surface area contributed by atoms with E-state index < -0.39 is 216 Å². The van der Waals surface area contributed by atoms with E-state index in [1.165, 1.54) is 13.8 Å². The van der Waals surface area contributed by atoms with E-state index in [4.69, 9.17) is 66.3 Å². The van der Waals surface area contributed by atoms with Gasteiger partial charge in [-0.2, -0.15) is 0 Å². The van der Waals surface area contributed by atoms with Gasteiger partial charge in [-0.05, 0) is 118 Å². The van der Waals surface area contributed by atoms with Crippen LogP contribution in [0.1, 0.15) is 106 Å². The van der Waals surface area contributed by atoms with Crippen molar-refractivity contribution in [2.24, 2.45) is 52.3 Å². The van der Waals surface area contributed by atoms with Gasteiger partial charge < -0.3 is 148 Å². The number of ether oxygens (including phenoxy) is 14. The lowest BCUT2D eigenvalue weighted by Crippen LogP contribution is -2.69. The third-order valence-corrected chi connectivity index (χ3v) is 24.2. The van der Waals surface area contributed by atoms with Crippen LogP contribution in [0.4, 0.5) is 0 Å². The number of aliphatic hydroxyl groups excluding tert-OH is 16. The Balaban J connectivity index is 0.835. The van der Waals surface area contributed by atoms with Gasteiger partial charge in [-0.3, -0.25) is 0 Å². The van der Waals surface area contributed by atoms with Gasteiger partial charge in [0.25, 0.3) is 0 Å². The number of fused-ring (bicyclic) bond motifs is 7. The smallest absolute Gasteiger partial charge is 0.187 e. The predicted molar refractivity (Wildman–Crippen MR) is 305 cm³/mol. The third kappa shape index (κ3) is 12.5. The third-order valence-electron chi connectivity index (χ3n) is 24.2. The van der Waals surface area contributed by atoms with Crippen LogP contribution in [-0.4, -0.2) is 311 Å². The van der Waals surface area contributed by atoms with Crippen molar-refractivity contribution in [3.63, 3.8) is 0 Å². The predicted octanol–water partition coefficient (Wildman–Crippen LogP) is -4.57. The van der Waals surface area contributed by atoms with Crippen LogP contribution >= 0.6 is 0 Å². The van der Waals surface area contributed by atoms with Gasteiger partial charge in [0.1, 0.15) is 128 Å². The van der Waals surface area contributed by atoms with Crippen LogP contribution in [-0.2, 0) is 66.3 Å². The van der Waals surface area contributed by atoms with Crippen molar-refractivity contribution in [1.29, 1.82) is 0 Å². The van der Waals surface area contributed by atoms with Crippen LogP contribution in [0.2, 0.25) is 0 Å². The highest BCUT2D eigenvalue weighted by molar-refractivity contribution is 5.16. The molecule has 41 atom stereocenters. The lowest BCUT2D eigenvalue weighted by molar-refractivity contribution is -0.417. The Morgan fingerprint density at radius 1 is 0.413 bits per heavy atom. The standard InChI is InChI=1S/C62H102O30/c1-22-9-14-62(80-20-22)23(2)36-32(92-62)16-30-28-8-7-26-15-27(10-12-60(26,5)29(28)11-13-61(30,36)6)83-58-52(90-56-48(78)44(74)49(25(4)82-56)87-54-45(75)38(68)31(66)21-79-54)51(41(71)34(18-64)85-58)89-59-53(91-55-46(76)42(72)37(67)24(3)81-55)50(40(70)35(19-65)86-59)88-57-47(77)43(73)39(69)33(17-63)84-57/h22-59,63-78H,7-21H2,1-6H3. The molecule has 0 aromatic heterocycles. The number of aliphatic hydroxyl groups is 16. The van der Waals surface area contributed by atoms with E-state index in [0.717, 1.165) is 51.4 Å². The van der Waals surface area contributed by atoms with Crippen molar-refractivity contribution in [2.45, 2.75) is 302 Å². The lowest BCUT2D eigenvalue weighted by Gasteiger charge is -2.61. The minimum atomic E-state index is -2.09. The number of hydrogen-bond donors (Lipinski definition) is 16. The van der Waals surface area contributed by atoms with Gasteiger partial charge in [-0.25, -0.2) is 0 Å². The largest absolute Gasteiger partial charge is 0.394 e. The van der Waals surface area contributed by atoms with Gasteiger partial charge in [0.2, 0.25) is 0 Å². The maximum atomic E-state index is 12.5. The summed E-state index contributed by atoms with van der Waals surface area (Å²) in [7, 11) is 0. The average Bonchev–Trinajstić information content (AvgIpc) is 1.50. The SMILES string of the molecule is CC1CCC2(OC1)OC1CC3C4CCC5CC(OC6OC(CO)C(O)C(OC7OC(CO)C(O)C(OC8OC(CO)C(O)C(O)C8O)C7OC7OC(C)C(O)C(O)C7O)C6OC6OC(C)C(OC7OCC(O)C(O)C7O)C(O)C6O)CCC5(C)C4CCC3(C)C1C2C. The molecule has 1 spiro atoms. The topological polar surface area (TPSA) is 453 Å². The summed E-state index contributed by atoms with van der Waals surface area (Å²) < 4.78 is 88.2. The minimum Gasteiger partial charge on any atom is -0.394 e. The molecule has 0 radical (unpaired) electrons. The molecule has 16 N–H and O–H groups in total. The van der Waals surface area contributed by atoms with Crippen molar-refractivity contribution in [3.05, 3.63) is 0 Å². The van der Waals surface area contributed by atoms with Crippen LogP contribution in [0.5, 0.6) is 0 Å². The molecule has 0 bridgehead atoms. The van der Waals surface area contributed by atoms with Gasteiger partial charge in [-0.15, -0.1) is 0 Å². The normalized spacial score (nSPS) is 58.0. The van der Waals surface area contributed by atoms with E-state index >= 15 is 0 Å². The fourth-order valence-electron chi connectivity index (χ4n) is 18.7. The molecular formula is C62H102O30. The second-order valence-corrected chi connectivity index (χ2v) is 29.5. The quantitative estimate of drug-likeness (QED) is 0.0687. The van der Waals surface area contributed by atoms with Gasteiger partial charge in [0.15, 0.2) is 43.5 Å². The Morgan fingerprint density at radius 3 is 1.55 bits per heavy atom. The van der Waals surface area contributed by atoms with Crippen molar-refractivity contribution < 1.29 is 148 Å². The fourth-order valence-corrected chi connectivity index (χ4v) is 18.7. The molecule has 0 aromatic rings. The first-order chi connectivity index (χ1) is 43.7. The Morgan fingerprint density at radius 2 is 0.935 bits per heavy atom. The van der Waals surface area contributed by atoms with Gasteiger partial charge in [0, 0.05) is 12.3 Å². The van der Waals surface area contributed by atoms with Crippen molar-refractivity contribution in [2.75, 3.05) is 33.0 Å². The molecule has 0 aromatic carbocycles. The molecule has 12 aliphatic rings. The maximum absolute atomic E-state index is 12.5. The molecule has 8 saturated heterocycles. The zero-order valence-electron chi connectivity index (χ0n) is 52.9. The second-order valence-electron chi connectivity index (χ2n) is 29.5. The number of rotatable bonds is 15. The first-order valence-corrected chi connectivity index (χ1v) is 33.5. The summed E-state index contributed by atoms with van der Waals surface area (Å²) in [5.41, 5.74) is 0.0267. The van der Waals surface area contributed by atoms with Crippen LogP contribution < -0.4 is 0 Å². The summed E-state index contributed by atoms with van der Waals surface area (Å²) in [5, 5.41) is 177. The molecule has 0 amide bonds. The maximum Gasteiger partial charge on any atom is 0.187 e. The molecule has 530 valence electrons. The van der Waals surface area contributed by atoms with Crippen molar-refractivity contribution in [3.8, 4) is 0 Å². The molecule has 8 aliphatic heterocycles. The molecule has 8 heterocycles. The van der Waals surface area contributed by atoms with E-state index in [1.54, 1.807) is 0 Å². The zero-order valence-corrected chi connectivity index (χ0v) is 52.9. The van der Waals surface area contributed by atoms with Crippen LogP contribution in [0.3, 0.4) is 0 Å². The van der Waals surface area contributed by atoms with Gasteiger partial charge in [0.05, 0.1) is 57.5 Å². The minimum absolute atomic E-state index is 0.0740. The molecule has 41 unspecified atom stereocenters. The average molecular weight is 1330 g/mol. The molecular weight excluding hydrogens is 1220 g/mol. The van der Waals surface area contributed by atoms with Gasteiger partial charge >= 0.3 is 0 Å². The number of hydrogen-bond acceptors (Lipinski definition) is 30. The highest BCUT2D eigenvalue weighted by Crippen LogP contribution is 2.71. The van der Waals surface area contributed by atoms with Crippen molar-refractivity contribution >= 4 is 0 Å². The van der Waals surface area contributed by atoms with Gasteiger partial charge in [-0.1, -0.05) is 27.7 Å². The Labute approximate surface area is 533 Å². The highest BCUT2D eigenvalue weighted by Gasteiger charge is 2.70. The summed E-state index contributed by atoms with van der Waals surface area (Å²) >= 11 is 0. The Hall–Kier alpha value is -1.20. The second kappa shape index (κ2) is 27.7. The molecule has 12 rings (SSSR count). The summed E-state index contributed by atoms with van der Waals surface area (Å²) in [4.78, 5) is 0. The Bertz CT molecular complexity index is 2430. The molecule has 30 nitrogen and oxygen atoms in total. The fraction of sp³-hybridized carbons (Fsp3) is 1.00. The van der Waals surface area contributed by atoms with E-state index in [0.29, 0.717) is 49.0 Å². The van der Waals surface area contributed by atoms with Crippen LogP contribution in [0, 0.1) is 52.3 Å². The molecule has 4 saturated carbocycles. The van der Waals surface area contributed by atoms with E-state index in [2.05, 4.69) is 27.7 Å². The lowest BCUT2D eigenvalue weighted by atomic mass is 9.44.